The minimum absolute atomic E-state index is 1.15. The second-order valence-electron chi connectivity index (χ2n) is 19.3. The van der Waals surface area contributed by atoms with Crippen LogP contribution in [0.1, 0.15) is 0 Å². The largest absolute Gasteiger partial charge is 0.309 e. The van der Waals surface area contributed by atoms with E-state index in [-0.39, 0.29) is 0 Å². The molecule has 0 aliphatic rings. The van der Waals surface area contributed by atoms with Gasteiger partial charge in [-0.25, -0.2) is 0 Å². The standard InChI is InChI=1S/C72H47NS/c1-3-17-48(18-4-1)50-21-11-23-52(39-50)54-25-13-27-56(41-54)57-28-15-30-59(43-57)61-37-38-70-67(45-61)64-33-7-9-35-69(64)73(70)63-46-66(72-68(47-63)65-34-8-10-36-71(65)74-72)62-32-16-31-60(44-62)58-29-14-26-55(42-58)53-24-12-22-51(40-53)49-19-5-2-6-20-49/h1-47H. The highest BCUT2D eigenvalue weighted by Gasteiger charge is 2.19. The molecule has 0 saturated carbocycles. The average molecular weight is 958 g/mol. The molecular formula is C72H47NS. The van der Waals surface area contributed by atoms with Crippen molar-refractivity contribution in [1.82, 2.24) is 4.57 Å². The monoisotopic (exact) mass is 957 g/mol. The van der Waals surface area contributed by atoms with Gasteiger partial charge in [0.1, 0.15) is 0 Å². The smallest absolute Gasteiger partial charge is 0.0541 e. The summed E-state index contributed by atoms with van der Waals surface area (Å²) in [6.45, 7) is 0. The van der Waals surface area contributed by atoms with Crippen molar-refractivity contribution in [2.24, 2.45) is 0 Å². The quantitative estimate of drug-likeness (QED) is 0.136. The summed E-state index contributed by atoms with van der Waals surface area (Å²) in [7, 11) is 0. The van der Waals surface area contributed by atoms with Crippen molar-refractivity contribution < 1.29 is 0 Å². The number of hydrogen-bond acceptors (Lipinski definition) is 1. The summed E-state index contributed by atoms with van der Waals surface area (Å²) in [5.41, 5.74) is 22.8. The zero-order chi connectivity index (χ0) is 49.0. The maximum Gasteiger partial charge on any atom is 0.0541 e. The first-order valence-electron chi connectivity index (χ1n) is 25.4. The molecule has 1 nitrogen and oxygen atoms in total. The number of aromatic nitrogens is 1. The average Bonchev–Trinajstić information content (AvgIpc) is 4.05. The fourth-order valence-electron chi connectivity index (χ4n) is 11.1. The van der Waals surface area contributed by atoms with Crippen LogP contribution < -0.4 is 0 Å². The highest BCUT2D eigenvalue weighted by atomic mass is 32.1. The van der Waals surface area contributed by atoms with Gasteiger partial charge in [-0.15, -0.1) is 11.3 Å². The van der Waals surface area contributed by atoms with E-state index in [9.17, 15) is 0 Å². The van der Waals surface area contributed by atoms with Crippen molar-refractivity contribution in [2.75, 3.05) is 0 Å². The van der Waals surface area contributed by atoms with Gasteiger partial charge >= 0.3 is 0 Å². The predicted octanol–water partition coefficient (Wildman–Crippen LogP) is 20.5. The van der Waals surface area contributed by atoms with Crippen molar-refractivity contribution in [2.45, 2.75) is 0 Å². The first-order chi connectivity index (χ1) is 36.6. The fourth-order valence-corrected chi connectivity index (χ4v) is 12.3. The summed E-state index contributed by atoms with van der Waals surface area (Å²) < 4.78 is 5.07. The molecule has 0 saturated heterocycles. The van der Waals surface area contributed by atoms with Crippen LogP contribution in [0.25, 0.3) is 137 Å². The van der Waals surface area contributed by atoms with Crippen LogP contribution in [0.3, 0.4) is 0 Å². The highest BCUT2D eigenvalue weighted by molar-refractivity contribution is 7.26. The van der Waals surface area contributed by atoms with E-state index >= 15 is 0 Å². The summed E-state index contributed by atoms with van der Waals surface area (Å²) in [6, 6.07) is 105. The molecule has 0 atom stereocenters. The molecule has 0 unspecified atom stereocenters. The number of para-hydroxylation sites is 1. The molecule has 0 fully saturated rings. The maximum absolute atomic E-state index is 2.48. The molecule has 74 heavy (non-hydrogen) atoms. The zero-order valence-electron chi connectivity index (χ0n) is 40.5. The van der Waals surface area contributed by atoms with Crippen LogP contribution in [0.2, 0.25) is 0 Å². The SMILES string of the molecule is c1ccc(-c2cccc(-c3cccc(-c4cccc(-c5ccc6c(c5)c5ccccc5n6-c5cc(-c6cccc(-c7cccc(-c8cccc(-c9ccccc9)c8)c7)c6)c6sc7ccccc7c6c5)c4)c3)c2)cc1. The third kappa shape index (κ3) is 7.90. The van der Waals surface area contributed by atoms with Gasteiger partial charge in [-0.2, -0.15) is 0 Å². The Morgan fingerprint density at radius 3 is 1.08 bits per heavy atom. The van der Waals surface area contributed by atoms with E-state index in [2.05, 4.69) is 290 Å². The minimum atomic E-state index is 1.15. The van der Waals surface area contributed by atoms with Gasteiger partial charge in [0.05, 0.1) is 11.0 Å². The molecule has 12 aromatic carbocycles. The molecule has 2 heterocycles. The lowest BCUT2D eigenvalue weighted by molar-refractivity contribution is 1.19. The van der Waals surface area contributed by atoms with Gasteiger partial charge in [-0.1, -0.05) is 212 Å². The second-order valence-corrected chi connectivity index (χ2v) is 20.3. The molecule has 0 N–H and O–H groups in total. The summed E-state index contributed by atoms with van der Waals surface area (Å²) in [4.78, 5) is 0. The van der Waals surface area contributed by atoms with Crippen molar-refractivity contribution in [3.05, 3.63) is 285 Å². The highest BCUT2D eigenvalue weighted by Crippen LogP contribution is 2.45. The van der Waals surface area contributed by atoms with Crippen LogP contribution in [0.5, 0.6) is 0 Å². The van der Waals surface area contributed by atoms with Crippen molar-refractivity contribution in [3.8, 4) is 94.7 Å². The molecular weight excluding hydrogens is 911 g/mol. The van der Waals surface area contributed by atoms with E-state index < -0.39 is 0 Å². The lowest BCUT2D eigenvalue weighted by Crippen LogP contribution is -1.95. The summed E-state index contributed by atoms with van der Waals surface area (Å²) >= 11 is 1.89. The molecule has 346 valence electrons. The van der Waals surface area contributed by atoms with Gasteiger partial charge in [0, 0.05) is 42.2 Å². The molecule has 14 rings (SSSR count). The van der Waals surface area contributed by atoms with Crippen LogP contribution in [0.4, 0.5) is 0 Å². The van der Waals surface area contributed by atoms with Gasteiger partial charge in [0.25, 0.3) is 0 Å². The van der Waals surface area contributed by atoms with Gasteiger partial charge in [0.15, 0.2) is 0 Å². The first kappa shape index (κ1) is 43.4. The van der Waals surface area contributed by atoms with E-state index in [1.807, 2.05) is 11.3 Å². The fraction of sp³-hybridized carbons (Fsp3) is 0. The number of nitrogens with zero attached hydrogens (tertiary/aromatic N) is 1. The van der Waals surface area contributed by atoms with E-state index in [1.165, 1.54) is 131 Å². The van der Waals surface area contributed by atoms with Crippen LogP contribution in [-0.2, 0) is 0 Å². The third-order valence-electron chi connectivity index (χ3n) is 14.8. The Labute approximate surface area is 435 Å². The topological polar surface area (TPSA) is 4.93 Å². The molecule has 0 aliphatic heterocycles. The van der Waals surface area contributed by atoms with Crippen LogP contribution >= 0.6 is 11.3 Å². The third-order valence-corrected chi connectivity index (χ3v) is 16.0. The Morgan fingerprint density at radius 2 is 0.581 bits per heavy atom. The number of benzene rings is 12. The number of fused-ring (bicyclic) bond motifs is 6. The number of hydrogen-bond donors (Lipinski definition) is 0. The lowest BCUT2D eigenvalue weighted by atomic mass is 9.94. The first-order valence-corrected chi connectivity index (χ1v) is 26.2. The molecule has 0 amide bonds. The summed E-state index contributed by atoms with van der Waals surface area (Å²) in [6.07, 6.45) is 0. The number of rotatable bonds is 9. The zero-order valence-corrected chi connectivity index (χ0v) is 41.3. The molecule has 0 bridgehead atoms. The van der Waals surface area contributed by atoms with Gasteiger partial charge < -0.3 is 4.57 Å². The lowest BCUT2D eigenvalue weighted by Gasteiger charge is -2.14. The van der Waals surface area contributed by atoms with Gasteiger partial charge in [0.2, 0.25) is 0 Å². The summed E-state index contributed by atoms with van der Waals surface area (Å²) in [5.74, 6) is 0. The molecule has 2 aromatic heterocycles. The van der Waals surface area contributed by atoms with Gasteiger partial charge in [-0.3, -0.25) is 0 Å². The van der Waals surface area contributed by atoms with Crippen molar-refractivity contribution >= 4 is 53.3 Å². The molecule has 0 radical (unpaired) electrons. The second kappa shape index (κ2) is 18.4. The molecule has 0 spiro atoms. The molecule has 2 heteroatoms. The van der Waals surface area contributed by atoms with Crippen molar-refractivity contribution in [1.29, 1.82) is 0 Å². The Kier molecular flexibility index (Phi) is 10.8. The van der Waals surface area contributed by atoms with Crippen LogP contribution in [-0.4, -0.2) is 4.57 Å². The van der Waals surface area contributed by atoms with Crippen LogP contribution in [0, 0.1) is 0 Å². The minimum Gasteiger partial charge on any atom is -0.309 e. The van der Waals surface area contributed by atoms with E-state index in [0.29, 0.717) is 0 Å². The van der Waals surface area contributed by atoms with E-state index in [1.54, 1.807) is 0 Å². The Bertz CT molecular complexity index is 4420. The normalized spacial score (nSPS) is 11.5. The number of thiophene rings is 1. The molecule has 14 aromatic rings. The van der Waals surface area contributed by atoms with E-state index in [4.69, 9.17) is 0 Å². The maximum atomic E-state index is 2.48. The van der Waals surface area contributed by atoms with Crippen LogP contribution in [0.15, 0.2) is 285 Å². The van der Waals surface area contributed by atoms with E-state index in [0.717, 1.165) is 5.69 Å². The Hall–Kier alpha value is -9.34. The molecule has 0 aliphatic carbocycles. The van der Waals surface area contributed by atoms with Crippen molar-refractivity contribution in [3.63, 3.8) is 0 Å². The van der Waals surface area contributed by atoms with Gasteiger partial charge in [-0.05, 0) is 156 Å². The summed E-state index contributed by atoms with van der Waals surface area (Å²) in [5, 5.41) is 5.03. The predicted molar refractivity (Wildman–Crippen MR) is 317 cm³/mol. The Morgan fingerprint density at radius 1 is 0.216 bits per heavy atom. The Balaban J connectivity index is 0.850.